The maximum Gasteiger partial charge on any atom is 0.261 e. The third-order valence-electron chi connectivity index (χ3n) is 4.78. The number of amides is 1. The highest BCUT2D eigenvalue weighted by molar-refractivity contribution is 7.92. The lowest BCUT2D eigenvalue weighted by Gasteiger charge is -2.18. The molecule has 0 bridgehead atoms. The van der Waals surface area contributed by atoms with Gasteiger partial charge < -0.3 is 5.32 Å². The van der Waals surface area contributed by atoms with E-state index >= 15 is 0 Å². The van der Waals surface area contributed by atoms with Crippen LogP contribution in [0.3, 0.4) is 0 Å². The molecule has 156 valence electrons. The third kappa shape index (κ3) is 5.20. The largest absolute Gasteiger partial charge is 0.345 e. The van der Waals surface area contributed by atoms with Gasteiger partial charge in [-0.3, -0.25) is 9.52 Å². The van der Waals surface area contributed by atoms with Crippen molar-refractivity contribution < 1.29 is 13.2 Å². The van der Waals surface area contributed by atoms with Gasteiger partial charge in [-0.15, -0.1) is 0 Å². The van der Waals surface area contributed by atoms with Crippen molar-refractivity contribution >= 4 is 33.2 Å². The van der Waals surface area contributed by atoms with Gasteiger partial charge in [-0.2, -0.15) is 0 Å². The molecule has 0 spiro atoms. The molecule has 7 heteroatoms. The zero-order chi connectivity index (χ0) is 21.7. The number of sulfonamides is 1. The Morgan fingerprint density at radius 2 is 1.67 bits per heavy atom. The zero-order valence-electron chi connectivity index (χ0n) is 16.7. The summed E-state index contributed by atoms with van der Waals surface area (Å²) in [7, 11) is -3.81. The van der Waals surface area contributed by atoms with Crippen LogP contribution in [0.5, 0.6) is 0 Å². The van der Waals surface area contributed by atoms with E-state index in [-0.39, 0.29) is 16.8 Å². The molecule has 0 radical (unpaired) electrons. The van der Waals surface area contributed by atoms with E-state index in [0.29, 0.717) is 21.8 Å². The molecule has 3 aromatic rings. The van der Waals surface area contributed by atoms with Gasteiger partial charge in [-0.25, -0.2) is 8.42 Å². The van der Waals surface area contributed by atoms with E-state index in [9.17, 15) is 13.2 Å². The predicted octanol–water partition coefficient (Wildman–Crippen LogP) is 5.33. The molecule has 0 saturated carbocycles. The van der Waals surface area contributed by atoms with Gasteiger partial charge in [0.05, 0.1) is 16.6 Å². The second-order valence-corrected chi connectivity index (χ2v) is 9.05. The summed E-state index contributed by atoms with van der Waals surface area (Å²) in [6, 6.07) is 20.4. The van der Waals surface area contributed by atoms with E-state index in [2.05, 4.69) is 10.0 Å². The van der Waals surface area contributed by atoms with Crippen molar-refractivity contribution in [3.63, 3.8) is 0 Å². The van der Waals surface area contributed by atoms with E-state index in [1.165, 1.54) is 24.3 Å². The van der Waals surface area contributed by atoms with Gasteiger partial charge in [0.1, 0.15) is 0 Å². The normalized spacial score (nSPS) is 12.2. The standard InChI is InChI=1S/C23H23ClN2O3S/c1-3-21(17-7-5-4-6-8-17)25-23(27)18-10-9-16(2)22(15-18)26-30(28,29)20-13-11-19(24)12-14-20/h4-15,21,26H,3H2,1-2H3,(H,25,27)/t21-/m1/s1. The smallest absolute Gasteiger partial charge is 0.261 e. The average molecular weight is 443 g/mol. The van der Waals surface area contributed by atoms with Crippen molar-refractivity contribution in [3.05, 3.63) is 94.5 Å². The molecule has 30 heavy (non-hydrogen) atoms. The van der Waals surface area contributed by atoms with Crippen molar-refractivity contribution in [1.29, 1.82) is 0 Å². The van der Waals surface area contributed by atoms with Crippen LogP contribution in [0.15, 0.2) is 77.7 Å². The first-order chi connectivity index (χ1) is 14.3. The third-order valence-corrected chi connectivity index (χ3v) is 6.42. The van der Waals surface area contributed by atoms with E-state index in [1.54, 1.807) is 25.1 Å². The number of hydrogen-bond acceptors (Lipinski definition) is 3. The number of aryl methyl sites for hydroxylation is 1. The summed E-state index contributed by atoms with van der Waals surface area (Å²) in [5.41, 5.74) is 2.46. The lowest BCUT2D eigenvalue weighted by Crippen LogP contribution is -2.28. The molecule has 0 fully saturated rings. The number of rotatable bonds is 7. The number of nitrogens with one attached hydrogen (secondary N) is 2. The van der Waals surface area contributed by atoms with Crippen LogP contribution in [0.1, 0.15) is 40.9 Å². The Morgan fingerprint density at radius 1 is 1.00 bits per heavy atom. The summed E-state index contributed by atoms with van der Waals surface area (Å²) < 4.78 is 28.0. The number of benzene rings is 3. The number of carbonyl (C=O) groups excluding carboxylic acids is 1. The number of halogens is 1. The molecule has 0 aliphatic heterocycles. The minimum atomic E-state index is -3.81. The van der Waals surface area contributed by atoms with Crippen LogP contribution in [0.2, 0.25) is 5.02 Å². The van der Waals surface area contributed by atoms with Crippen LogP contribution >= 0.6 is 11.6 Å². The van der Waals surface area contributed by atoms with E-state index in [4.69, 9.17) is 11.6 Å². The predicted molar refractivity (Wildman–Crippen MR) is 120 cm³/mol. The van der Waals surface area contributed by atoms with Crippen molar-refractivity contribution in [1.82, 2.24) is 5.32 Å². The molecule has 0 unspecified atom stereocenters. The van der Waals surface area contributed by atoms with E-state index in [0.717, 1.165) is 12.0 Å². The van der Waals surface area contributed by atoms with Gasteiger partial charge >= 0.3 is 0 Å². The first-order valence-corrected chi connectivity index (χ1v) is 11.4. The molecular formula is C23H23ClN2O3S. The van der Waals surface area contributed by atoms with Crippen molar-refractivity contribution in [3.8, 4) is 0 Å². The molecule has 0 saturated heterocycles. The molecule has 0 heterocycles. The van der Waals surface area contributed by atoms with Crippen LogP contribution in [-0.4, -0.2) is 14.3 Å². The van der Waals surface area contributed by atoms with Crippen molar-refractivity contribution in [2.24, 2.45) is 0 Å². The van der Waals surface area contributed by atoms with Crippen molar-refractivity contribution in [2.75, 3.05) is 4.72 Å². The van der Waals surface area contributed by atoms with Gasteiger partial charge in [-0.05, 0) is 60.9 Å². The van der Waals surface area contributed by atoms with Crippen LogP contribution in [0.25, 0.3) is 0 Å². The van der Waals surface area contributed by atoms with Gasteiger partial charge in [0.25, 0.3) is 15.9 Å². The Morgan fingerprint density at radius 3 is 2.30 bits per heavy atom. The average Bonchev–Trinajstić information content (AvgIpc) is 2.74. The molecule has 1 amide bonds. The lowest BCUT2D eigenvalue weighted by atomic mass is 10.0. The minimum absolute atomic E-state index is 0.0938. The maximum absolute atomic E-state index is 12.8. The SMILES string of the molecule is CC[C@@H](NC(=O)c1ccc(C)c(NS(=O)(=O)c2ccc(Cl)cc2)c1)c1ccccc1. The molecule has 1 atom stereocenters. The second kappa shape index (κ2) is 9.32. The number of anilines is 1. The molecule has 3 rings (SSSR count). The van der Waals surface area contributed by atoms with Crippen LogP contribution in [-0.2, 0) is 10.0 Å². The Kier molecular flexibility index (Phi) is 6.80. The summed E-state index contributed by atoms with van der Waals surface area (Å²) in [4.78, 5) is 12.9. The minimum Gasteiger partial charge on any atom is -0.345 e. The first kappa shape index (κ1) is 21.9. The highest BCUT2D eigenvalue weighted by atomic mass is 35.5. The van der Waals surface area contributed by atoms with Gasteiger partial charge in [0.15, 0.2) is 0 Å². The van der Waals surface area contributed by atoms with Gasteiger partial charge in [0, 0.05) is 10.6 Å². The highest BCUT2D eigenvalue weighted by Crippen LogP contribution is 2.23. The molecule has 5 nitrogen and oxygen atoms in total. The Hall–Kier alpha value is -2.83. The fraction of sp³-hybridized carbons (Fsp3) is 0.174. The highest BCUT2D eigenvalue weighted by Gasteiger charge is 2.18. The van der Waals surface area contributed by atoms with Gasteiger partial charge in [0.2, 0.25) is 0 Å². The van der Waals surface area contributed by atoms with E-state index < -0.39 is 10.0 Å². The first-order valence-electron chi connectivity index (χ1n) is 9.55. The van der Waals surface area contributed by atoms with E-state index in [1.807, 2.05) is 37.3 Å². The van der Waals surface area contributed by atoms with Crippen LogP contribution in [0, 0.1) is 6.92 Å². The van der Waals surface area contributed by atoms with Crippen molar-refractivity contribution in [2.45, 2.75) is 31.2 Å². The lowest BCUT2D eigenvalue weighted by molar-refractivity contribution is 0.0935. The molecule has 2 N–H and O–H groups in total. The molecule has 0 aromatic heterocycles. The zero-order valence-corrected chi connectivity index (χ0v) is 18.3. The quantitative estimate of drug-likeness (QED) is 0.519. The fourth-order valence-corrected chi connectivity index (χ4v) is 4.29. The molecular weight excluding hydrogens is 420 g/mol. The van der Waals surface area contributed by atoms with Gasteiger partial charge in [-0.1, -0.05) is 54.9 Å². The Balaban J connectivity index is 1.82. The number of carbonyl (C=O) groups is 1. The topological polar surface area (TPSA) is 75.3 Å². The summed E-state index contributed by atoms with van der Waals surface area (Å²) in [6.45, 7) is 3.78. The summed E-state index contributed by atoms with van der Waals surface area (Å²) in [5.74, 6) is -0.266. The second-order valence-electron chi connectivity index (χ2n) is 6.93. The summed E-state index contributed by atoms with van der Waals surface area (Å²) in [5, 5.41) is 3.47. The van der Waals surface area contributed by atoms with Crippen LogP contribution in [0.4, 0.5) is 5.69 Å². The molecule has 3 aromatic carbocycles. The summed E-state index contributed by atoms with van der Waals surface area (Å²) >= 11 is 5.84. The monoisotopic (exact) mass is 442 g/mol. The summed E-state index contributed by atoms with van der Waals surface area (Å²) in [6.07, 6.45) is 0.734. The van der Waals surface area contributed by atoms with Crippen LogP contribution < -0.4 is 10.0 Å². The maximum atomic E-state index is 12.8. The molecule has 0 aliphatic rings. The Bertz CT molecular complexity index is 1130. The fourth-order valence-electron chi connectivity index (χ4n) is 3.04. The Labute approximate surface area is 182 Å². The molecule has 0 aliphatic carbocycles. The number of hydrogen-bond donors (Lipinski definition) is 2.